The molecule has 0 spiro atoms. The maximum absolute atomic E-state index is 15.2. The van der Waals surface area contributed by atoms with Gasteiger partial charge in [0.1, 0.15) is 17.2 Å². The first-order valence-electron chi connectivity index (χ1n) is 10.3. The Bertz CT molecular complexity index is 1390. The number of nitrogens with zero attached hydrogens (tertiary/aromatic N) is 3. The van der Waals surface area contributed by atoms with E-state index in [4.69, 9.17) is 0 Å². The zero-order chi connectivity index (χ0) is 26.5. The van der Waals surface area contributed by atoms with Crippen molar-refractivity contribution in [2.24, 2.45) is 0 Å². The smallest absolute Gasteiger partial charge is 0.303 e. The number of nitrogens with one attached hydrogen (secondary N) is 1. The van der Waals surface area contributed by atoms with Crippen molar-refractivity contribution < 1.29 is 35.5 Å². The summed E-state index contributed by atoms with van der Waals surface area (Å²) in [6.45, 7) is 4.45. The number of sulfone groups is 1. The molecule has 2 N–H and O–H groups in total. The molecule has 0 aliphatic carbocycles. The fourth-order valence-corrected chi connectivity index (χ4v) is 4.04. The van der Waals surface area contributed by atoms with Gasteiger partial charge in [-0.05, 0) is 39.8 Å². The molecule has 13 heteroatoms. The molecule has 3 rings (SSSR count). The minimum atomic E-state index is -3.94. The average Bonchev–Trinajstić information content (AvgIpc) is 2.72. The molecule has 7 nitrogen and oxygen atoms in total. The first kappa shape index (κ1) is 26.7. The Balaban J connectivity index is 2.18. The highest BCUT2D eigenvalue weighted by Gasteiger charge is 2.49. The van der Waals surface area contributed by atoms with Crippen molar-refractivity contribution in [1.82, 2.24) is 15.0 Å². The fourth-order valence-electron chi connectivity index (χ4n) is 3.41. The summed E-state index contributed by atoms with van der Waals surface area (Å²) in [7, 11) is -3.79. The van der Waals surface area contributed by atoms with Crippen molar-refractivity contribution in [2.75, 3.05) is 11.6 Å². The molecule has 0 saturated carbocycles. The van der Waals surface area contributed by atoms with Crippen molar-refractivity contribution in [3.63, 3.8) is 0 Å². The van der Waals surface area contributed by atoms with Crippen LogP contribution in [-0.4, -0.2) is 40.3 Å². The van der Waals surface area contributed by atoms with Crippen LogP contribution in [0.3, 0.4) is 0 Å². The third kappa shape index (κ3) is 5.06. The van der Waals surface area contributed by atoms with Crippen molar-refractivity contribution in [1.29, 1.82) is 0 Å². The van der Waals surface area contributed by atoms with Crippen LogP contribution in [0.15, 0.2) is 29.3 Å². The third-order valence-corrected chi connectivity index (χ3v) is 6.35. The van der Waals surface area contributed by atoms with E-state index in [1.54, 1.807) is 0 Å². The van der Waals surface area contributed by atoms with Gasteiger partial charge in [-0.3, -0.25) is 0 Å². The second-order valence-electron chi connectivity index (χ2n) is 8.65. The molecule has 1 atom stereocenters. The molecule has 0 unspecified atom stereocenters. The Morgan fingerprint density at radius 3 is 2.29 bits per heavy atom. The van der Waals surface area contributed by atoms with Crippen LogP contribution in [0.5, 0.6) is 0 Å². The highest BCUT2D eigenvalue weighted by molar-refractivity contribution is 7.90. The standard InChI is InChI=1S/C22H23F5N4O3S/c1-10(12-7-6-8-14(16(12)23)22(26,27)21(3,4)32)29-19-13-9-15(35(5,33)34)28-11(2)17(13)30-20(31-19)18(24)25/h6-10,18,32H,1-5H3,(H,29,30,31)/t10-/m1/s1. The summed E-state index contributed by atoms with van der Waals surface area (Å²) in [5.41, 5.74) is -3.88. The number of anilines is 1. The molecule has 0 aliphatic rings. The molecule has 190 valence electrons. The van der Waals surface area contributed by atoms with E-state index in [-0.39, 0.29) is 33.0 Å². The van der Waals surface area contributed by atoms with Gasteiger partial charge in [-0.1, -0.05) is 12.1 Å². The molecular formula is C22H23F5N4O3S. The van der Waals surface area contributed by atoms with Crippen molar-refractivity contribution in [2.45, 2.75) is 56.7 Å². The third-order valence-electron chi connectivity index (χ3n) is 5.38. The molecule has 2 aromatic heterocycles. The fraction of sp³-hybridized carbons (Fsp3) is 0.409. The first-order chi connectivity index (χ1) is 15.9. The van der Waals surface area contributed by atoms with Crippen LogP contribution in [0.25, 0.3) is 10.9 Å². The predicted octanol–water partition coefficient (Wildman–Crippen LogP) is 4.85. The number of aryl methyl sites for hydroxylation is 1. The monoisotopic (exact) mass is 518 g/mol. The highest BCUT2D eigenvalue weighted by atomic mass is 32.2. The molecule has 0 saturated heterocycles. The molecular weight excluding hydrogens is 495 g/mol. The van der Waals surface area contributed by atoms with E-state index in [9.17, 15) is 31.1 Å². The maximum atomic E-state index is 15.2. The largest absolute Gasteiger partial charge is 0.384 e. The summed E-state index contributed by atoms with van der Waals surface area (Å²) in [5, 5.41) is 12.2. The predicted molar refractivity (Wildman–Crippen MR) is 119 cm³/mol. The van der Waals surface area contributed by atoms with Gasteiger partial charge in [-0.2, -0.15) is 8.78 Å². The Morgan fingerprint density at radius 1 is 1.11 bits per heavy atom. The zero-order valence-corrected chi connectivity index (χ0v) is 20.2. The van der Waals surface area contributed by atoms with Crippen LogP contribution >= 0.6 is 0 Å². The minimum absolute atomic E-state index is 0.0209. The highest BCUT2D eigenvalue weighted by Crippen LogP contribution is 2.41. The Hall–Kier alpha value is -2.93. The van der Waals surface area contributed by atoms with Gasteiger partial charge in [0.2, 0.25) is 0 Å². The lowest BCUT2D eigenvalue weighted by atomic mass is 9.91. The topological polar surface area (TPSA) is 105 Å². The molecule has 35 heavy (non-hydrogen) atoms. The lowest BCUT2D eigenvalue weighted by Gasteiger charge is -2.30. The molecule has 0 aliphatic heterocycles. The second-order valence-corrected chi connectivity index (χ2v) is 10.6. The van der Waals surface area contributed by atoms with Gasteiger partial charge in [0, 0.05) is 17.2 Å². The lowest BCUT2D eigenvalue weighted by Crippen LogP contribution is -2.41. The number of fused-ring (bicyclic) bond motifs is 1. The number of aromatic nitrogens is 3. The molecule has 0 bridgehead atoms. The van der Waals surface area contributed by atoms with Crippen LogP contribution < -0.4 is 5.32 Å². The first-order valence-corrected chi connectivity index (χ1v) is 12.2. The Morgan fingerprint density at radius 2 is 1.74 bits per heavy atom. The van der Waals surface area contributed by atoms with E-state index >= 15 is 4.39 Å². The quantitative estimate of drug-likeness (QED) is 0.431. The van der Waals surface area contributed by atoms with E-state index in [0.29, 0.717) is 0 Å². The second kappa shape index (κ2) is 8.94. The van der Waals surface area contributed by atoms with Gasteiger partial charge < -0.3 is 10.4 Å². The molecule has 0 radical (unpaired) electrons. The summed E-state index contributed by atoms with van der Waals surface area (Å²) in [6.07, 6.45) is -2.18. The van der Waals surface area contributed by atoms with Crippen LogP contribution in [0.1, 0.15) is 55.9 Å². The van der Waals surface area contributed by atoms with Gasteiger partial charge in [-0.15, -0.1) is 0 Å². The van der Waals surface area contributed by atoms with Crippen LogP contribution in [0.4, 0.5) is 27.8 Å². The number of hydrogen-bond donors (Lipinski definition) is 2. The Kier molecular flexibility index (Phi) is 6.81. The van der Waals surface area contributed by atoms with E-state index in [0.717, 1.165) is 32.2 Å². The maximum Gasteiger partial charge on any atom is 0.303 e. The number of benzene rings is 1. The summed E-state index contributed by atoms with van der Waals surface area (Å²) in [5.74, 6) is -6.38. The van der Waals surface area contributed by atoms with Gasteiger partial charge in [0.05, 0.1) is 22.8 Å². The summed E-state index contributed by atoms with van der Waals surface area (Å²) < 4.78 is 95.5. The van der Waals surface area contributed by atoms with E-state index in [2.05, 4.69) is 20.3 Å². The number of rotatable bonds is 7. The Labute approximate surface area is 198 Å². The lowest BCUT2D eigenvalue weighted by molar-refractivity contribution is -0.170. The average molecular weight is 519 g/mol. The molecule has 3 aromatic rings. The van der Waals surface area contributed by atoms with Crippen molar-refractivity contribution >= 4 is 26.6 Å². The van der Waals surface area contributed by atoms with Crippen molar-refractivity contribution in [3.8, 4) is 0 Å². The van der Waals surface area contributed by atoms with E-state index < -0.39 is 51.0 Å². The van der Waals surface area contributed by atoms with Gasteiger partial charge >= 0.3 is 5.92 Å². The van der Waals surface area contributed by atoms with Crippen LogP contribution in [0.2, 0.25) is 0 Å². The zero-order valence-electron chi connectivity index (χ0n) is 19.4. The SMILES string of the molecule is Cc1nc(S(C)(=O)=O)cc2c(N[C@H](C)c3cccc(C(F)(F)C(C)(C)O)c3F)nc(C(F)F)nc12. The van der Waals surface area contributed by atoms with Gasteiger partial charge in [-0.25, -0.2) is 36.5 Å². The number of pyridine rings is 1. The minimum Gasteiger partial charge on any atom is -0.384 e. The number of hydrogen-bond acceptors (Lipinski definition) is 7. The molecule has 2 heterocycles. The van der Waals surface area contributed by atoms with E-state index in [1.165, 1.54) is 26.0 Å². The summed E-state index contributed by atoms with van der Waals surface area (Å²) >= 11 is 0. The van der Waals surface area contributed by atoms with E-state index in [1.807, 2.05) is 0 Å². The van der Waals surface area contributed by atoms with Gasteiger partial charge in [0.25, 0.3) is 6.43 Å². The number of aliphatic hydroxyl groups is 1. The molecule has 0 fully saturated rings. The van der Waals surface area contributed by atoms with Crippen LogP contribution in [-0.2, 0) is 15.8 Å². The van der Waals surface area contributed by atoms with Crippen LogP contribution in [0, 0.1) is 12.7 Å². The van der Waals surface area contributed by atoms with Gasteiger partial charge in [0.15, 0.2) is 20.7 Å². The normalized spacial score (nSPS) is 13.9. The summed E-state index contributed by atoms with van der Waals surface area (Å²) in [4.78, 5) is 11.4. The molecule has 1 aromatic carbocycles. The summed E-state index contributed by atoms with van der Waals surface area (Å²) in [6, 6.07) is 3.22. The molecule has 0 amide bonds. The number of alkyl halides is 4. The number of halogens is 5. The van der Waals surface area contributed by atoms with Crippen molar-refractivity contribution in [3.05, 3.63) is 52.7 Å².